The lowest BCUT2D eigenvalue weighted by Gasteiger charge is -2.31. The second-order valence-electron chi connectivity index (χ2n) is 5.80. The molecule has 0 spiro atoms. The summed E-state index contributed by atoms with van der Waals surface area (Å²) in [4.78, 5) is 0.163. The lowest BCUT2D eigenvalue weighted by molar-refractivity contribution is 0.269. The highest BCUT2D eigenvalue weighted by atomic mass is 32.2. The molecule has 2 N–H and O–H groups in total. The fourth-order valence-electron chi connectivity index (χ4n) is 3.01. The van der Waals surface area contributed by atoms with Crippen LogP contribution in [-0.2, 0) is 10.0 Å². The van der Waals surface area contributed by atoms with Gasteiger partial charge >= 0.3 is 0 Å². The van der Waals surface area contributed by atoms with Gasteiger partial charge in [0.25, 0.3) is 0 Å². The Bertz CT molecular complexity index is 636. The van der Waals surface area contributed by atoms with E-state index in [1.54, 1.807) is 13.8 Å². The molecule has 1 aliphatic rings. The van der Waals surface area contributed by atoms with E-state index in [0.717, 1.165) is 19.3 Å². The Morgan fingerprint density at radius 3 is 2.43 bits per heavy atom. The molecule has 0 amide bonds. The van der Waals surface area contributed by atoms with E-state index in [1.165, 1.54) is 10.4 Å². The van der Waals surface area contributed by atoms with Crippen LogP contribution in [0.4, 0.5) is 10.1 Å². The van der Waals surface area contributed by atoms with Gasteiger partial charge in [-0.15, -0.1) is 0 Å². The number of piperidine rings is 1. The fourth-order valence-corrected chi connectivity index (χ4v) is 4.93. The second-order valence-corrected chi connectivity index (χ2v) is 7.67. The molecule has 0 aromatic heterocycles. The zero-order valence-corrected chi connectivity index (χ0v) is 13.6. The van der Waals surface area contributed by atoms with Crippen LogP contribution < -0.4 is 5.73 Å². The molecule has 1 aromatic carbocycles. The molecule has 21 heavy (non-hydrogen) atoms. The summed E-state index contributed by atoms with van der Waals surface area (Å²) in [6, 6.07) is 1.20. The molecule has 1 aromatic rings. The summed E-state index contributed by atoms with van der Waals surface area (Å²) in [5, 5.41) is 0. The quantitative estimate of drug-likeness (QED) is 0.873. The van der Waals surface area contributed by atoms with Gasteiger partial charge in [0.05, 0.1) is 10.6 Å². The third-order valence-corrected chi connectivity index (χ3v) is 6.64. The van der Waals surface area contributed by atoms with Gasteiger partial charge in [0.2, 0.25) is 10.0 Å². The van der Waals surface area contributed by atoms with Gasteiger partial charge in [0.15, 0.2) is 0 Å². The minimum atomic E-state index is -3.61. The molecule has 0 atom stereocenters. The first-order valence-electron chi connectivity index (χ1n) is 7.34. The number of anilines is 1. The van der Waals surface area contributed by atoms with Crippen molar-refractivity contribution in [3.05, 3.63) is 23.0 Å². The van der Waals surface area contributed by atoms with Crippen LogP contribution in [0.5, 0.6) is 0 Å². The van der Waals surface area contributed by atoms with Crippen LogP contribution in [0, 0.1) is 25.6 Å². The first kappa shape index (κ1) is 16.2. The molecule has 118 valence electrons. The zero-order chi connectivity index (χ0) is 15.8. The summed E-state index contributed by atoms with van der Waals surface area (Å²) in [6.45, 7) is 6.36. The Hall–Kier alpha value is -1.14. The van der Waals surface area contributed by atoms with E-state index >= 15 is 0 Å². The molecular formula is C15H23FN2O2S. The topological polar surface area (TPSA) is 63.4 Å². The molecule has 0 unspecified atom stereocenters. The summed E-state index contributed by atoms with van der Waals surface area (Å²) in [5.41, 5.74) is 6.31. The number of benzene rings is 1. The minimum Gasteiger partial charge on any atom is -0.396 e. The zero-order valence-electron chi connectivity index (χ0n) is 12.8. The van der Waals surface area contributed by atoms with Gasteiger partial charge < -0.3 is 5.73 Å². The number of sulfonamides is 1. The van der Waals surface area contributed by atoms with Gasteiger partial charge in [-0.05, 0) is 49.8 Å². The first-order valence-corrected chi connectivity index (χ1v) is 8.78. The van der Waals surface area contributed by atoms with Crippen LogP contribution in [0.15, 0.2) is 11.0 Å². The maximum Gasteiger partial charge on any atom is 0.243 e. The van der Waals surface area contributed by atoms with Crippen molar-refractivity contribution in [3.8, 4) is 0 Å². The third kappa shape index (κ3) is 2.92. The Kier molecular flexibility index (Phi) is 4.58. The molecule has 2 rings (SSSR count). The number of hydrogen-bond donors (Lipinski definition) is 1. The van der Waals surface area contributed by atoms with Gasteiger partial charge in [-0.1, -0.05) is 13.3 Å². The van der Waals surface area contributed by atoms with Crippen molar-refractivity contribution in [2.75, 3.05) is 18.8 Å². The Morgan fingerprint density at radius 1 is 1.33 bits per heavy atom. The van der Waals surface area contributed by atoms with E-state index in [2.05, 4.69) is 6.92 Å². The van der Waals surface area contributed by atoms with Gasteiger partial charge in [0, 0.05) is 13.1 Å². The highest BCUT2D eigenvalue weighted by molar-refractivity contribution is 7.89. The molecule has 4 nitrogen and oxygen atoms in total. The van der Waals surface area contributed by atoms with Crippen molar-refractivity contribution in [1.29, 1.82) is 0 Å². The second kappa shape index (κ2) is 5.93. The van der Waals surface area contributed by atoms with Gasteiger partial charge in [-0.2, -0.15) is 4.31 Å². The SMILES string of the molecule is CCC1CCN(S(=O)(=O)c2c(C)cc(F)c(N)c2C)CC1. The first-order chi connectivity index (χ1) is 9.78. The number of nitrogen functional groups attached to an aromatic ring is 1. The normalized spacial score (nSPS) is 18.1. The standard InChI is InChI=1S/C15H23FN2O2S/c1-4-12-5-7-18(8-6-12)21(19,20)15-10(2)9-13(16)14(17)11(15)3/h9,12H,4-8,17H2,1-3H3. The average molecular weight is 314 g/mol. The van der Waals surface area contributed by atoms with Crippen molar-refractivity contribution in [2.24, 2.45) is 5.92 Å². The number of hydrogen-bond acceptors (Lipinski definition) is 3. The van der Waals surface area contributed by atoms with Crippen molar-refractivity contribution in [1.82, 2.24) is 4.31 Å². The minimum absolute atomic E-state index is 0.0809. The summed E-state index contributed by atoms with van der Waals surface area (Å²) in [6.07, 6.45) is 2.84. The lowest BCUT2D eigenvalue weighted by Crippen LogP contribution is -2.39. The van der Waals surface area contributed by atoms with Crippen LogP contribution in [-0.4, -0.2) is 25.8 Å². The Balaban J connectivity index is 2.40. The number of nitrogens with zero attached hydrogens (tertiary/aromatic N) is 1. The number of nitrogens with two attached hydrogens (primary N) is 1. The monoisotopic (exact) mass is 314 g/mol. The van der Waals surface area contributed by atoms with E-state index in [1.807, 2.05) is 0 Å². The number of aryl methyl sites for hydroxylation is 1. The van der Waals surface area contributed by atoms with E-state index in [-0.39, 0.29) is 10.6 Å². The number of rotatable bonds is 3. The van der Waals surface area contributed by atoms with Crippen molar-refractivity contribution in [2.45, 2.75) is 44.9 Å². The van der Waals surface area contributed by atoms with Crippen molar-refractivity contribution < 1.29 is 12.8 Å². The molecule has 0 aliphatic carbocycles. The maximum absolute atomic E-state index is 13.6. The van der Waals surface area contributed by atoms with Gasteiger partial charge in [-0.3, -0.25) is 0 Å². The lowest BCUT2D eigenvalue weighted by atomic mass is 9.96. The van der Waals surface area contributed by atoms with E-state index < -0.39 is 15.8 Å². The van der Waals surface area contributed by atoms with Crippen molar-refractivity contribution >= 4 is 15.7 Å². The van der Waals surface area contributed by atoms with E-state index in [0.29, 0.717) is 30.1 Å². The van der Waals surface area contributed by atoms with Gasteiger partial charge in [0.1, 0.15) is 5.82 Å². The molecule has 0 radical (unpaired) electrons. The molecule has 6 heteroatoms. The summed E-state index contributed by atoms with van der Waals surface area (Å²) >= 11 is 0. The summed E-state index contributed by atoms with van der Waals surface area (Å²) in [7, 11) is -3.61. The molecule has 1 saturated heterocycles. The van der Waals surface area contributed by atoms with Gasteiger partial charge in [-0.25, -0.2) is 12.8 Å². The van der Waals surface area contributed by atoms with Crippen LogP contribution in [0.3, 0.4) is 0 Å². The predicted octanol–water partition coefficient (Wildman–Crippen LogP) is 2.84. The average Bonchev–Trinajstić information content (AvgIpc) is 2.44. The highest BCUT2D eigenvalue weighted by Crippen LogP contribution is 2.32. The van der Waals surface area contributed by atoms with E-state index in [4.69, 9.17) is 5.73 Å². The summed E-state index contributed by atoms with van der Waals surface area (Å²) < 4.78 is 40.8. The fraction of sp³-hybridized carbons (Fsp3) is 0.600. The molecule has 0 bridgehead atoms. The van der Waals surface area contributed by atoms with Crippen molar-refractivity contribution in [3.63, 3.8) is 0 Å². The molecular weight excluding hydrogens is 291 g/mol. The van der Waals surface area contributed by atoms with Crippen LogP contribution in [0.25, 0.3) is 0 Å². The highest BCUT2D eigenvalue weighted by Gasteiger charge is 2.32. The smallest absolute Gasteiger partial charge is 0.243 e. The predicted molar refractivity (Wildman–Crippen MR) is 82.1 cm³/mol. The van der Waals surface area contributed by atoms with Crippen LogP contribution in [0.1, 0.15) is 37.3 Å². The number of halogens is 1. The van der Waals surface area contributed by atoms with Crippen LogP contribution >= 0.6 is 0 Å². The molecule has 1 fully saturated rings. The maximum atomic E-state index is 13.6. The molecule has 1 aliphatic heterocycles. The largest absolute Gasteiger partial charge is 0.396 e. The van der Waals surface area contributed by atoms with Crippen LogP contribution in [0.2, 0.25) is 0 Å². The molecule has 1 heterocycles. The molecule has 0 saturated carbocycles. The Morgan fingerprint density at radius 2 is 1.90 bits per heavy atom. The summed E-state index contributed by atoms with van der Waals surface area (Å²) in [5.74, 6) is 0.0329. The third-order valence-electron chi connectivity index (χ3n) is 4.45. The van der Waals surface area contributed by atoms with E-state index in [9.17, 15) is 12.8 Å². The Labute approximate surface area is 126 Å².